The normalized spacial score (nSPS) is 17.6. The molecule has 5 heteroatoms. The number of hydrogen-bond donors (Lipinski definition) is 2. The smallest absolute Gasteiger partial charge is 0.234 e. The summed E-state index contributed by atoms with van der Waals surface area (Å²) in [4.78, 5) is 13.9. The Labute approximate surface area is 117 Å². The van der Waals surface area contributed by atoms with Gasteiger partial charge in [-0.1, -0.05) is 0 Å². The number of nitrogens with zero attached hydrogens (tertiary/aromatic N) is 1. The molecule has 1 saturated heterocycles. The fraction of sp³-hybridized carbons (Fsp3) is 0.923. The minimum absolute atomic E-state index is 0. The van der Waals surface area contributed by atoms with Crippen molar-refractivity contribution >= 4 is 18.3 Å². The quantitative estimate of drug-likeness (QED) is 0.768. The van der Waals surface area contributed by atoms with Crippen molar-refractivity contribution in [1.82, 2.24) is 15.5 Å². The van der Waals surface area contributed by atoms with E-state index < -0.39 is 0 Å². The van der Waals surface area contributed by atoms with Crippen molar-refractivity contribution in [2.24, 2.45) is 5.92 Å². The van der Waals surface area contributed by atoms with Crippen LogP contribution in [-0.2, 0) is 4.79 Å². The zero-order valence-electron chi connectivity index (χ0n) is 11.9. The van der Waals surface area contributed by atoms with E-state index in [0.717, 1.165) is 25.6 Å². The third-order valence-electron chi connectivity index (χ3n) is 3.33. The molecule has 18 heavy (non-hydrogen) atoms. The van der Waals surface area contributed by atoms with E-state index in [0.29, 0.717) is 6.54 Å². The molecular formula is C13H28ClN3O. The van der Waals surface area contributed by atoms with Gasteiger partial charge in [-0.25, -0.2) is 0 Å². The summed E-state index contributed by atoms with van der Waals surface area (Å²) in [6.45, 7) is 7.82. The summed E-state index contributed by atoms with van der Waals surface area (Å²) in [5.74, 6) is 1.00. The van der Waals surface area contributed by atoms with Crippen molar-refractivity contribution in [2.45, 2.75) is 39.2 Å². The maximum Gasteiger partial charge on any atom is 0.234 e. The summed E-state index contributed by atoms with van der Waals surface area (Å²) in [5.41, 5.74) is 0. The van der Waals surface area contributed by atoms with Gasteiger partial charge in [-0.2, -0.15) is 0 Å². The molecule has 4 nitrogen and oxygen atoms in total. The van der Waals surface area contributed by atoms with Gasteiger partial charge in [0, 0.05) is 6.04 Å². The van der Waals surface area contributed by atoms with Gasteiger partial charge >= 0.3 is 0 Å². The molecule has 0 aromatic carbocycles. The minimum Gasteiger partial charge on any atom is -0.353 e. The van der Waals surface area contributed by atoms with E-state index in [4.69, 9.17) is 0 Å². The first-order valence-corrected chi connectivity index (χ1v) is 6.78. The molecule has 1 aliphatic heterocycles. The highest BCUT2D eigenvalue weighted by molar-refractivity contribution is 5.85. The van der Waals surface area contributed by atoms with Crippen LogP contribution in [0.15, 0.2) is 0 Å². The van der Waals surface area contributed by atoms with Crippen LogP contribution in [-0.4, -0.2) is 50.1 Å². The fourth-order valence-corrected chi connectivity index (χ4v) is 2.35. The van der Waals surface area contributed by atoms with Crippen molar-refractivity contribution in [2.75, 3.05) is 33.2 Å². The Morgan fingerprint density at radius 3 is 2.44 bits per heavy atom. The number of carbonyl (C=O) groups excluding carboxylic acids is 1. The molecule has 108 valence electrons. The lowest BCUT2D eigenvalue weighted by atomic mass is 9.93. The molecule has 1 fully saturated rings. The highest BCUT2D eigenvalue weighted by Gasteiger charge is 2.20. The summed E-state index contributed by atoms with van der Waals surface area (Å²) in [6.07, 6.45) is 3.73. The molecule has 0 bridgehead atoms. The second-order valence-electron chi connectivity index (χ2n) is 5.33. The van der Waals surface area contributed by atoms with Crippen LogP contribution in [0.2, 0.25) is 0 Å². The van der Waals surface area contributed by atoms with Crippen LogP contribution in [0, 0.1) is 5.92 Å². The fourth-order valence-electron chi connectivity index (χ4n) is 2.35. The van der Waals surface area contributed by atoms with Crippen LogP contribution >= 0.6 is 12.4 Å². The molecule has 0 spiro atoms. The molecule has 1 amide bonds. The van der Waals surface area contributed by atoms with E-state index in [9.17, 15) is 4.79 Å². The maximum absolute atomic E-state index is 11.6. The lowest BCUT2D eigenvalue weighted by molar-refractivity contribution is -0.123. The third-order valence-corrected chi connectivity index (χ3v) is 3.33. The number of hydrogen-bond acceptors (Lipinski definition) is 3. The predicted molar refractivity (Wildman–Crippen MR) is 78.2 cm³/mol. The highest BCUT2D eigenvalue weighted by atomic mass is 35.5. The molecule has 0 aromatic rings. The van der Waals surface area contributed by atoms with Crippen molar-refractivity contribution in [3.63, 3.8) is 0 Å². The van der Waals surface area contributed by atoms with Gasteiger partial charge in [0.15, 0.2) is 0 Å². The molecule has 0 unspecified atom stereocenters. The average Bonchev–Trinajstić information content (AvgIpc) is 2.27. The van der Waals surface area contributed by atoms with Crippen LogP contribution in [0.25, 0.3) is 0 Å². The zero-order valence-corrected chi connectivity index (χ0v) is 12.7. The number of amides is 1. The van der Waals surface area contributed by atoms with Gasteiger partial charge in [-0.15, -0.1) is 12.4 Å². The number of rotatable bonds is 6. The van der Waals surface area contributed by atoms with E-state index >= 15 is 0 Å². The summed E-state index contributed by atoms with van der Waals surface area (Å²) in [6, 6.07) is 0.246. The summed E-state index contributed by atoms with van der Waals surface area (Å²) in [7, 11) is 2.01. The molecule has 1 heterocycles. The van der Waals surface area contributed by atoms with Gasteiger partial charge in [-0.3, -0.25) is 9.69 Å². The molecule has 2 N–H and O–H groups in total. The zero-order chi connectivity index (χ0) is 12.7. The van der Waals surface area contributed by atoms with Crippen LogP contribution in [0.1, 0.15) is 33.1 Å². The first-order chi connectivity index (χ1) is 8.11. The van der Waals surface area contributed by atoms with E-state index in [-0.39, 0.29) is 24.4 Å². The van der Waals surface area contributed by atoms with Crippen LogP contribution < -0.4 is 10.6 Å². The van der Waals surface area contributed by atoms with Gasteiger partial charge in [-0.05, 0) is 65.7 Å². The average molecular weight is 278 g/mol. The number of piperidine rings is 1. The number of halogens is 1. The van der Waals surface area contributed by atoms with Crippen molar-refractivity contribution in [3.05, 3.63) is 0 Å². The Morgan fingerprint density at radius 1 is 1.33 bits per heavy atom. The summed E-state index contributed by atoms with van der Waals surface area (Å²) in [5, 5.41) is 6.15. The molecule has 0 aliphatic carbocycles. The Balaban J connectivity index is 0.00000289. The minimum atomic E-state index is 0. The largest absolute Gasteiger partial charge is 0.353 e. The Bertz CT molecular complexity index is 228. The maximum atomic E-state index is 11.6. The predicted octanol–water partition coefficient (Wildman–Crippen LogP) is 1.25. The van der Waals surface area contributed by atoms with E-state index in [1.165, 1.54) is 19.3 Å². The number of nitrogens with one attached hydrogen (secondary N) is 2. The number of likely N-dealkylation sites (tertiary alicyclic amines) is 1. The first-order valence-electron chi connectivity index (χ1n) is 6.78. The molecule has 1 aliphatic rings. The monoisotopic (exact) mass is 277 g/mol. The van der Waals surface area contributed by atoms with Crippen LogP contribution in [0.3, 0.4) is 0 Å². The van der Waals surface area contributed by atoms with Gasteiger partial charge in [0.2, 0.25) is 5.91 Å². The second kappa shape index (κ2) is 9.59. The molecule has 0 aromatic heterocycles. The highest BCUT2D eigenvalue weighted by Crippen LogP contribution is 2.19. The molecule has 0 atom stereocenters. The second-order valence-corrected chi connectivity index (χ2v) is 5.33. The van der Waals surface area contributed by atoms with Crippen LogP contribution in [0.4, 0.5) is 0 Å². The van der Waals surface area contributed by atoms with Crippen molar-refractivity contribution in [3.8, 4) is 0 Å². The molecule has 0 radical (unpaired) electrons. The molecule has 1 rings (SSSR count). The molecule has 0 saturated carbocycles. The van der Waals surface area contributed by atoms with E-state index in [2.05, 4.69) is 15.5 Å². The van der Waals surface area contributed by atoms with Crippen molar-refractivity contribution in [1.29, 1.82) is 0 Å². The van der Waals surface area contributed by atoms with E-state index in [1.807, 2.05) is 20.9 Å². The van der Waals surface area contributed by atoms with Crippen LogP contribution in [0.5, 0.6) is 0 Å². The van der Waals surface area contributed by atoms with Gasteiger partial charge in [0.25, 0.3) is 0 Å². The molecular weight excluding hydrogens is 250 g/mol. The standard InChI is InChI=1S/C13H27N3O.ClH/c1-11(2)15-13(17)10-16-8-5-12(6-9-16)4-7-14-3;/h11-12,14H,4-10H2,1-3H3,(H,15,17);1H. The Hall–Kier alpha value is -0.320. The third kappa shape index (κ3) is 7.19. The summed E-state index contributed by atoms with van der Waals surface area (Å²) >= 11 is 0. The lowest BCUT2D eigenvalue weighted by Crippen LogP contribution is -2.43. The van der Waals surface area contributed by atoms with E-state index in [1.54, 1.807) is 0 Å². The first kappa shape index (κ1) is 17.7. The lowest BCUT2D eigenvalue weighted by Gasteiger charge is -2.31. The van der Waals surface area contributed by atoms with Gasteiger partial charge in [0.1, 0.15) is 0 Å². The Kier molecular flexibility index (Phi) is 9.42. The summed E-state index contributed by atoms with van der Waals surface area (Å²) < 4.78 is 0. The Morgan fingerprint density at radius 2 is 1.94 bits per heavy atom. The topological polar surface area (TPSA) is 44.4 Å². The SMILES string of the molecule is CNCCC1CCN(CC(=O)NC(C)C)CC1.Cl. The number of carbonyl (C=O) groups is 1. The van der Waals surface area contributed by atoms with Crippen molar-refractivity contribution < 1.29 is 4.79 Å². The van der Waals surface area contributed by atoms with Gasteiger partial charge < -0.3 is 10.6 Å². The van der Waals surface area contributed by atoms with Gasteiger partial charge in [0.05, 0.1) is 6.54 Å².